The van der Waals surface area contributed by atoms with Crippen molar-refractivity contribution in [1.82, 2.24) is 20.0 Å². The Morgan fingerprint density at radius 3 is 2.27 bits per heavy atom. The van der Waals surface area contributed by atoms with E-state index in [9.17, 15) is 4.79 Å². The van der Waals surface area contributed by atoms with E-state index in [2.05, 4.69) is 26.9 Å². The summed E-state index contributed by atoms with van der Waals surface area (Å²) in [6.07, 6.45) is 3.75. The molecule has 2 aliphatic heterocycles. The van der Waals surface area contributed by atoms with E-state index in [4.69, 9.17) is 0 Å². The molecule has 0 aromatic heterocycles. The number of hydrogen-bond donors (Lipinski definition) is 1. The molecule has 0 saturated carbocycles. The second-order valence-electron chi connectivity index (χ2n) is 6.57. The first-order valence-electron chi connectivity index (χ1n) is 8.77. The molecule has 2 aliphatic rings. The Morgan fingerprint density at radius 2 is 1.68 bits per heavy atom. The number of carbonyl (C=O) groups is 1. The number of likely N-dealkylation sites (N-methyl/N-ethyl adjacent to an activating group) is 1. The van der Waals surface area contributed by atoms with Gasteiger partial charge >= 0.3 is 0 Å². The third-order valence-corrected chi connectivity index (χ3v) is 5.43. The number of halogens is 1. The molecule has 1 N–H and O–H groups in total. The van der Waals surface area contributed by atoms with Crippen molar-refractivity contribution in [1.29, 1.82) is 0 Å². The minimum Gasteiger partial charge on any atom is -0.347 e. The summed E-state index contributed by atoms with van der Waals surface area (Å²) in [5.41, 5.74) is 0. The molecule has 22 heavy (non-hydrogen) atoms. The molecule has 128 valence electrons. The van der Waals surface area contributed by atoms with Crippen LogP contribution < -0.4 is 5.32 Å². The van der Waals surface area contributed by atoms with Crippen LogP contribution in [0.2, 0.25) is 0 Å². The number of hydrogen-bond acceptors (Lipinski definition) is 4. The first kappa shape index (κ1) is 18.4. The number of rotatable bonds is 7. The lowest BCUT2D eigenvalue weighted by atomic mass is 9.96. The Morgan fingerprint density at radius 1 is 1.05 bits per heavy atom. The number of nitrogens with one attached hydrogen (secondary N) is 1. The van der Waals surface area contributed by atoms with E-state index >= 15 is 0 Å². The quantitative estimate of drug-likeness (QED) is 0.294. The third-order valence-electron chi connectivity index (χ3n) is 5.05. The van der Waals surface area contributed by atoms with Gasteiger partial charge in [0.25, 0.3) is 3.91 Å². The number of likely N-dealkylation sites (tertiary alicyclic amines) is 1. The van der Waals surface area contributed by atoms with Crippen LogP contribution >= 0.6 is 22.6 Å². The zero-order chi connectivity index (χ0) is 15.8. The Kier molecular flexibility index (Phi) is 8.42. The van der Waals surface area contributed by atoms with Crippen molar-refractivity contribution in [3.05, 3.63) is 0 Å². The first-order valence-corrected chi connectivity index (χ1v) is 9.85. The minimum absolute atomic E-state index is 0.0551. The lowest BCUT2D eigenvalue weighted by Gasteiger charge is -2.38. The number of amides is 1. The molecule has 0 atom stereocenters. The summed E-state index contributed by atoms with van der Waals surface area (Å²) in [5, 5.41) is 2.87. The highest BCUT2D eigenvalue weighted by molar-refractivity contribution is 14.1. The molecule has 0 aromatic rings. The van der Waals surface area contributed by atoms with Crippen LogP contribution in [0.15, 0.2) is 0 Å². The van der Waals surface area contributed by atoms with Crippen molar-refractivity contribution in [2.45, 2.75) is 26.2 Å². The standard InChI is InChI=1S/C16H31IN4O/c1-2-19-10-12-21(13-11-19)14-15-4-8-20(9-5-15)7-3-6-18-16(17)22/h15H,2-14H2,1H3,(H,18,22). The second-order valence-corrected chi connectivity index (χ2v) is 7.55. The van der Waals surface area contributed by atoms with Crippen molar-refractivity contribution < 1.29 is 4.79 Å². The monoisotopic (exact) mass is 422 g/mol. The minimum atomic E-state index is 0.0551. The van der Waals surface area contributed by atoms with E-state index in [0.717, 1.165) is 25.4 Å². The molecule has 0 spiro atoms. The summed E-state index contributed by atoms with van der Waals surface area (Å²) >= 11 is 1.80. The molecule has 6 heteroatoms. The molecule has 2 saturated heterocycles. The van der Waals surface area contributed by atoms with Gasteiger partial charge in [-0.15, -0.1) is 0 Å². The average Bonchev–Trinajstić information content (AvgIpc) is 2.54. The smallest absolute Gasteiger partial charge is 0.280 e. The van der Waals surface area contributed by atoms with E-state index in [-0.39, 0.29) is 3.91 Å². The van der Waals surface area contributed by atoms with Gasteiger partial charge in [0.1, 0.15) is 0 Å². The fraction of sp³-hybridized carbons (Fsp3) is 0.938. The third kappa shape index (κ3) is 6.68. The van der Waals surface area contributed by atoms with Crippen LogP contribution in [0.25, 0.3) is 0 Å². The molecular formula is C16H31IN4O. The van der Waals surface area contributed by atoms with Gasteiger partial charge in [0, 0.05) is 61.9 Å². The molecule has 0 radical (unpaired) electrons. The highest BCUT2D eigenvalue weighted by Gasteiger charge is 2.23. The Balaban J connectivity index is 1.54. The highest BCUT2D eigenvalue weighted by atomic mass is 127. The van der Waals surface area contributed by atoms with Gasteiger partial charge in [-0.3, -0.25) is 4.79 Å². The number of piperazine rings is 1. The maximum Gasteiger partial charge on any atom is 0.280 e. The van der Waals surface area contributed by atoms with E-state index in [1.54, 1.807) is 22.6 Å². The molecule has 0 aliphatic carbocycles. The summed E-state index contributed by atoms with van der Waals surface area (Å²) in [6.45, 7) is 14.2. The van der Waals surface area contributed by atoms with Crippen LogP contribution in [-0.4, -0.2) is 84.1 Å². The maximum absolute atomic E-state index is 10.8. The van der Waals surface area contributed by atoms with E-state index in [0.29, 0.717) is 0 Å². The van der Waals surface area contributed by atoms with E-state index in [1.165, 1.54) is 65.2 Å². The molecule has 2 fully saturated rings. The number of nitrogens with zero attached hydrogens (tertiary/aromatic N) is 3. The number of carbonyl (C=O) groups excluding carboxylic acids is 1. The molecule has 1 amide bonds. The highest BCUT2D eigenvalue weighted by Crippen LogP contribution is 2.19. The zero-order valence-corrected chi connectivity index (χ0v) is 16.1. The van der Waals surface area contributed by atoms with Crippen molar-refractivity contribution in [2.24, 2.45) is 5.92 Å². The molecular weight excluding hydrogens is 391 g/mol. The van der Waals surface area contributed by atoms with Crippen LogP contribution in [0, 0.1) is 5.92 Å². The topological polar surface area (TPSA) is 38.8 Å². The van der Waals surface area contributed by atoms with Crippen molar-refractivity contribution >= 4 is 26.5 Å². The predicted octanol–water partition coefficient (Wildman–Crippen LogP) is 1.87. The largest absolute Gasteiger partial charge is 0.347 e. The van der Waals surface area contributed by atoms with Gasteiger partial charge in [-0.2, -0.15) is 0 Å². The SMILES string of the molecule is CCN1CCN(CC2CCN(CCCNC(=O)I)CC2)CC1. The lowest BCUT2D eigenvalue weighted by Crippen LogP contribution is -2.48. The predicted molar refractivity (Wildman–Crippen MR) is 99.8 cm³/mol. The fourth-order valence-electron chi connectivity index (χ4n) is 3.54. The van der Waals surface area contributed by atoms with Crippen molar-refractivity contribution in [2.75, 3.05) is 65.4 Å². The Hall–Kier alpha value is 0.0800. The van der Waals surface area contributed by atoms with Gasteiger partial charge in [-0.25, -0.2) is 0 Å². The van der Waals surface area contributed by atoms with Crippen LogP contribution in [0.3, 0.4) is 0 Å². The number of piperidine rings is 1. The van der Waals surface area contributed by atoms with Crippen LogP contribution in [-0.2, 0) is 0 Å². The van der Waals surface area contributed by atoms with Crippen molar-refractivity contribution in [3.8, 4) is 0 Å². The van der Waals surface area contributed by atoms with Crippen LogP contribution in [0.4, 0.5) is 4.79 Å². The first-order chi connectivity index (χ1) is 10.7. The van der Waals surface area contributed by atoms with Crippen LogP contribution in [0.1, 0.15) is 26.2 Å². The summed E-state index contributed by atoms with van der Waals surface area (Å²) in [5.74, 6) is 0.887. The molecule has 0 unspecified atom stereocenters. The van der Waals surface area contributed by atoms with Gasteiger partial charge in [-0.05, 0) is 51.4 Å². The summed E-state index contributed by atoms with van der Waals surface area (Å²) in [7, 11) is 0. The molecule has 5 nitrogen and oxygen atoms in total. The normalized spacial score (nSPS) is 22.8. The molecule has 2 heterocycles. The Bertz CT molecular complexity index is 326. The molecule has 0 bridgehead atoms. The maximum atomic E-state index is 10.8. The second kappa shape index (κ2) is 10.1. The van der Waals surface area contributed by atoms with Crippen LogP contribution in [0.5, 0.6) is 0 Å². The summed E-state index contributed by atoms with van der Waals surface area (Å²) in [4.78, 5) is 18.6. The Labute approximate surface area is 148 Å². The lowest BCUT2D eigenvalue weighted by molar-refractivity contribution is 0.0974. The zero-order valence-electron chi connectivity index (χ0n) is 13.9. The average molecular weight is 422 g/mol. The summed E-state index contributed by atoms with van der Waals surface area (Å²) < 4.78 is 0.0551. The van der Waals surface area contributed by atoms with Crippen molar-refractivity contribution in [3.63, 3.8) is 0 Å². The van der Waals surface area contributed by atoms with E-state index < -0.39 is 0 Å². The fourth-order valence-corrected chi connectivity index (χ4v) is 3.80. The van der Waals surface area contributed by atoms with Gasteiger partial charge in [0.05, 0.1) is 0 Å². The van der Waals surface area contributed by atoms with E-state index in [1.807, 2.05) is 0 Å². The summed E-state index contributed by atoms with van der Waals surface area (Å²) in [6, 6.07) is 0. The van der Waals surface area contributed by atoms with Gasteiger partial charge in [0.2, 0.25) is 0 Å². The van der Waals surface area contributed by atoms with Gasteiger partial charge in [-0.1, -0.05) is 6.92 Å². The van der Waals surface area contributed by atoms with Gasteiger partial charge in [0.15, 0.2) is 0 Å². The molecule has 0 aromatic carbocycles. The molecule has 2 rings (SSSR count). The van der Waals surface area contributed by atoms with Gasteiger partial charge < -0.3 is 20.0 Å².